The van der Waals surface area contributed by atoms with Crippen molar-refractivity contribution in [3.63, 3.8) is 0 Å². The Balaban J connectivity index is 2.13. The van der Waals surface area contributed by atoms with E-state index in [0.717, 1.165) is 12.8 Å². The number of hydrogen-bond donors (Lipinski definition) is 2. The van der Waals surface area contributed by atoms with E-state index in [1.807, 2.05) is 12.4 Å². The molecular weight excluding hydrogens is 222 g/mol. The average molecular weight is 249 g/mol. The Hall–Kier alpha value is -0.930. The molecule has 102 valence electrons. The summed E-state index contributed by atoms with van der Waals surface area (Å²) < 4.78 is 0. The third-order valence-electron chi connectivity index (χ3n) is 3.42. The van der Waals surface area contributed by atoms with Gasteiger partial charge in [0.2, 0.25) is 0 Å². The number of rotatable bonds is 10. The zero-order valence-electron chi connectivity index (χ0n) is 11.6. The summed E-state index contributed by atoms with van der Waals surface area (Å²) in [6, 6.07) is 4.60. The van der Waals surface area contributed by atoms with Crippen LogP contribution < -0.4 is 11.3 Å². The van der Waals surface area contributed by atoms with Crippen LogP contribution in [0.3, 0.4) is 0 Å². The van der Waals surface area contributed by atoms with Gasteiger partial charge in [0.25, 0.3) is 0 Å². The van der Waals surface area contributed by atoms with E-state index in [4.69, 9.17) is 5.84 Å². The molecule has 1 rings (SSSR count). The van der Waals surface area contributed by atoms with Gasteiger partial charge in [-0.1, -0.05) is 39.0 Å². The van der Waals surface area contributed by atoms with Crippen molar-refractivity contribution in [2.75, 3.05) is 0 Å². The quantitative estimate of drug-likeness (QED) is 0.380. The Morgan fingerprint density at radius 3 is 2.50 bits per heavy atom. The number of nitrogens with two attached hydrogens (primary N) is 1. The third kappa shape index (κ3) is 6.72. The van der Waals surface area contributed by atoms with Crippen LogP contribution in [0.25, 0.3) is 0 Å². The fourth-order valence-electron chi connectivity index (χ4n) is 2.20. The largest absolute Gasteiger partial charge is 0.271 e. The number of hydrazine groups is 1. The van der Waals surface area contributed by atoms with Crippen molar-refractivity contribution in [1.82, 2.24) is 10.4 Å². The van der Waals surface area contributed by atoms with Gasteiger partial charge >= 0.3 is 0 Å². The fraction of sp³-hybridized carbons (Fsp3) is 0.667. The Morgan fingerprint density at radius 2 is 1.83 bits per heavy atom. The van der Waals surface area contributed by atoms with Gasteiger partial charge in [-0.3, -0.25) is 16.3 Å². The molecule has 0 radical (unpaired) electrons. The van der Waals surface area contributed by atoms with Crippen LogP contribution in [-0.2, 0) is 6.42 Å². The minimum absolute atomic E-state index is 0.444. The standard InChI is InChI=1S/C15H27N3/c1-2-3-4-5-6-7-15(18-16)9-8-14-10-12-17-13-11-14/h10-13,15,18H,2-9,16H2,1H3. The Morgan fingerprint density at radius 1 is 1.11 bits per heavy atom. The number of hydrogen-bond acceptors (Lipinski definition) is 3. The molecule has 0 spiro atoms. The highest BCUT2D eigenvalue weighted by Gasteiger charge is 2.06. The lowest BCUT2D eigenvalue weighted by atomic mass is 10.0. The maximum absolute atomic E-state index is 5.62. The van der Waals surface area contributed by atoms with Crippen LogP contribution in [0.5, 0.6) is 0 Å². The summed E-state index contributed by atoms with van der Waals surface area (Å²) in [6.07, 6.45) is 13.7. The lowest BCUT2D eigenvalue weighted by Gasteiger charge is -2.15. The molecule has 1 atom stereocenters. The lowest BCUT2D eigenvalue weighted by Crippen LogP contribution is -2.35. The summed E-state index contributed by atoms with van der Waals surface area (Å²) >= 11 is 0. The van der Waals surface area contributed by atoms with Gasteiger partial charge in [0.15, 0.2) is 0 Å². The second-order valence-corrected chi connectivity index (χ2v) is 4.96. The Kier molecular flexibility index (Phi) is 8.43. The highest BCUT2D eigenvalue weighted by atomic mass is 15.2. The van der Waals surface area contributed by atoms with Crippen LogP contribution >= 0.6 is 0 Å². The number of nitrogens with zero attached hydrogens (tertiary/aromatic N) is 1. The van der Waals surface area contributed by atoms with Crippen LogP contribution in [0.4, 0.5) is 0 Å². The van der Waals surface area contributed by atoms with Crippen molar-refractivity contribution < 1.29 is 0 Å². The first-order valence-electron chi connectivity index (χ1n) is 7.21. The maximum Gasteiger partial charge on any atom is 0.0270 e. The van der Waals surface area contributed by atoms with E-state index in [-0.39, 0.29) is 0 Å². The predicted molar refractivity (Wildman–Crippen MR) is 77.0 cm³/mol. The summed E-state index contributed by atoms with van der Waals surface area (Å²) in [5.41, 5.74) is 4.29. The molecule has 0 saturated heterocycles. The Labute approximate surface area is 111 Å². The molecule has 0 aliphatic carbocycles. The molecule has 1 unspecified atom stereocenters. The van der Waals surface area contributed by atoms with Crippen molar-refractivity contribution in [3.8, 4) is 0 Å². The van der Waals surface area contributed by atoms with E-state index < -0.39 is 0 Å². The summed E-state index contributed by atoms with van der Waals surface area (Å²) in [5, 5.41) is 0. The molecule has 0 aromatic carbocycles. The molecule has 3 N–H and O–H groups in total. The molecule has 0 aliphatic rings. The van der Waals surface area contributed by atoms with Crippen molar-refractivity contribution in [1.29, 1.82) is 0 Å². The molecule has 1 aromatic rings. The second-order valence-electron chi connectivity index (χ2n) is 4.96. The van der Waals surface area contributed by atoms with Gasteiger partial charge in [0, 0.05) is 18.4 Å². The zero-order chi connectivity index (χ0) is 13.1. The fourth-order valence-corrected chi connectivity index (χ4v) is 2.20. The van der Waals surface area contributed by atoms with E-state index in [0.29, 0.717) is 6.04 Å². The molecule has 18 heavy (non-hydrogen) atoms. The number of aryl methyl sites for hydroxylation is 1. The minimum atomic E-state index is 0.444. The molecular formula is C15H27N3. The van der Waals surface area contributed by atoms with Gasteiger partial charge in [-0.15, -0.1) is 0 Å². The highest BCUT2D eigenvalue weighted by Crippen LogP contribution is 2.11. The molecule has 0 bridgehead atoms. The molecule has 0 fully saturated rings. The second kappa shape index (κ2) is 10.0. The van der Waals surface area contributed by atoms with Crippen LogP contribution in [0.1, 0.15) is 57.4 Å². The first-order chi connectivity index (χ1) is 8.86. The van der Waals surface area contributed by atoms with E-state index in [1.165, 1.54) is 44.1 Å². The normalized spacial score (nSPS) is 12.6. The molecule has 1 aromatic heterocycles. The van der Waals surface area contributed by atoms with Gasteiger partial charge in [-0.25, -0.2) is 0 Å². The van der Waals surface area contributed by atoms with Gasteiger partial charge in [-0.05, 0) is 37.0 Å². The maximum atomic E-state index is 5.62. The summed E-state index contributed by atoms with van der Waals surface area (Å²) in [4.78, 5) is 4.03. The third-order valence-corrected chi connectivity index (χ3v) is 3.42. The van der Waals surface area contributed by atoms with E-state index in [2.05, 4.69) is 29.5 Å². The molecule has 0 amide bonds. The van der Waals surface area contributed by atoms with Crippen molar-refractivity contribution in [3.05, 3.63) is 30.1 Å². The number of pyridine rings is 1. The van der Waals surface area contributed by atoms with Crippen molar-refractivity contribution in [2.45, 2.75) is 64.3 Å². The van der Waals surface area contributed by atoms with E-state index in [1.54, 1.807) is 0 Å². The first kappa shape index (κ1) is 15.1. The Bertz CT molecular complexity index is 287. The number of unbranched alkanes of at least 4 members (excludes halogenated alkanes) is 4. The van der Waals surface area contributed by atoms with Gasteiger partial charge in [0.1, 0.15) is 0 Å². The first-order valence-corrected chi connectivity index (χ1v) is 7.21. The monoisotopic (exact) mass is 249 g/mol. The molecule has 3 nitrogen and oxygen atoms in total. The van der Waals surface area contributed by atoms with Crippen LogP contribution in [-0.4, -0.2) is 11.0 Å². The molecule has 0 aliphatic heterocycles. The predicted octanol–water partition coefficient (Wildman–Crippen LogP) is 3.21. The molecule has 3 heteroatoms. The summed E-state index contributed by atoms with van der Waals surface area (Å²) in [5.74, 6) is 5.62. The van der Waals surface area contributed by atoms with E-state index >= 15 is 0 Å². The number of nitrogens with one attached hydrogen (secondary N) is 1. The van der Waals surface area contributed by atoms with E-state index in [9.17, 15) is 0 Å². The SMILES string of the molecule is CCCCCCCC(CCc1ccncc1)NN. The lowest BCUT2D eigenvalue weighted by molar-refractivity contribution is 0.439. The average Bonchev–Trinajstić information content (AvgIpc) is 2.43. The topological polar surface area (TPSA) is 50.9 Å². The molecule has 0 saturated carbocycles. The smallest absolute Gasteiger partial charge is 0.0270 e. The van der Waals surface area contributed by atoms with Crippen molar-refractivity contribution >= 4 is 0 Å². The summed E-state index contributed by atoms with van der Waals surface area (Å²) in [7, 11) is 0. The highest BCUT2D eigenvalue weighted by molar-refractivity contribution is 5.09. The number of aromatic nitrogens is 1. The van der Waals surface area contributed by atoms with Crippen LogP contribution in [0, 0.1) is 0 Å². The minimum Gasteiger partial charge on any atom is -0.271 e. The van der Waals surface area contributed by atoms with Crippen molar-refractivity contribution in [2.24, 2.45) is 5.84 Å². The molecule has 1 heterocycles. The zero-order valence-corrected chi connectivity index (χ0v) is 11.6. The van der Waals surface area contributed by atoms with Crippen LogP contribution in [0.2, 0.25) is 0 Å². The van der Waals surface area contributed by atoms with Gasteiger partial charge < -0.3 is 0 Å². The van der Waals surface area contributed by atoms with Crippen LogP contribution in [0.15, 0.2) is 24.5 Å². The van der Waals surface area contributed by atoms with Gasteiger partial charge in [0.05, 0.1) is 0 Å². The summed E-state index contributed by atoms with van der Waals surface area (Å²) in [6.45, 7) is 2.25. The van der Waals surface area contributed by atoms with Gasteiger partial charge in [-0.2, -0.15) is 0 Å².